The van der Waals surface area contributed by atoms with E-state index in [9.17, 15) is 0 Å². The average molecular weight is 321 g/mol. The van der Waals surface area contributed by atoms with Gasteiger partial charge in [-0.3, -0.25) is 0 Å². The molecular formula is C14H13BrN2O2. The van der Waals surface area contributed by atoms with Crippen LogP contribution in [0.3, 0.4) is 0 Å². The fraction of sp³-hybridized carbons (Fsp3) is 0.143. The van der Waals surface area contributed by atoms with Crippen LogP contribution in [0, 0.1) is 0 Å². The smallest absolute Gasteiger partial charge is 0.231 e. The molecule has 19 heavy (non-hydrogen) atoms. The number of hydrogen-bond acceptors (Lipinski definition) is 4. The van der Waals surface area contributed by atoms with Crippen molar-refractivity contribution >= 4 is 27.3 Å². The number of halogens is 1. The third-order valence-corrected chi connectivity index (χ3v) is 3.57. The van der Waals surface area contributed by atoms with Crippen LogP contribution in [0.1, 0.15) is 5.56 Å². The third kappa shape index (κ3) is 2.61. The number of nitrogens with two attached hydrogens (primary N) is 1. The van der Waals surface area contributed by atoms with Crippen molar-refractivity contribution in [1.82, 2.24) is 0 Å². The summed E-state index contributed by atoms with van der Waals surface area (Å²) in [6.07, 6.45) is 0. The zero-order chi connectivity index (χ0) is 13.2. The molecule has 4 nitrogen and oxygen atoms in total. The van der Waals surface area contributed by atoms with E-state index in [2.05, 4.69) is 21.2 Å². The zero-order valence-electron chi connectivity index (χ0n) is 10.2. The highest BCUT2D eigenvalue weighted by atomic mass is 79.9. The molecule has 0 unspecified atom stereocenters. The lowest BCUT2D eigenvalue weighted by molar-refractivity contribution is 0.174. The van der Waals surface area contributed by atoms with Gasteiger partial charge in [-0.05, 0) is 51.8 Å². The van der Waals surface area contributed by atoms with E-state index in [4.69, 9.17) is 15.2 Å². The second-order valence-corrected chi connectivity index (χ2v) is 5.13. The Morgan fingerprint density at radius 3 is 2.79 bits per heavy atom. The number of rotatable bonds is 3. The minimum absolute atomic E-state index is 0.301. The van der Waals surface area contributed by atoms with E-state index in [1.54, 1.807) is 0 Å². The van der Waals surface area contributed by atoms with Gasteiger partial charge >= 0.3 is 0 Å². The summed E-state index contributed by atoms with van der Waals surface area (Å²) in [5.74, 6) is 1.60. The Balaban J connectivity index is 1.72. The van der Waals surface area contributed by atoms with E-state index in [1.165, 1.54) is 0 Å². The highest BCUT2D eigenvalue weighted by molar-refractivity contribution is 9.10. The summed E-state index contributed by atoms with van der Waals surface area (Å²) in [5.41, 5.74) is 8.58. The summed E-state index contributed by atoms with van der Waals surface area (Å²) < 4.78 is 11.6. The number of nitrogen functional groups attached to an aromatic ring is 1. The molecule has 0 atom stereocenters. The molecule has 0 aliphatic carbocycles. The maximum Gasteiger partial charge on any atom is 0.231 e. The molecule has 0 bridgehead atoms. The number of fused-ring (bicyclic) bond motifs is 1. The number of benzene rings is 2. The molecule has 0 saturated carbocycles. The lowest BCUT2D eigenvalue weighted by atomic mass is 10.2. The van der Waals surface area contributed by atoms with Crippen LogP contribution in [0.15, 0.2) is 40.9 Å². The minimum atomic E-state index is 0.301. The van der Waals surface area contributed by atoms with E-state index in [-0.39, 0.29) is 0 Å². The molecule has 2 aromatic rings. The van der Waals surface area contributed by atoms with Crippen molar-refractivity contribution in [3.05, 3.63) is 46.4 Å². The van der Waals surface area contributed by atoms with Gasteiger partial charge in [0.2, 0.25) is 6.79 Å². The standard InChI is InChI=1S/C14H13BrN2O2/c15-11-6-10(16)2-3-12(11)17-7-9-1-4-13-14(5-9)19-8-18-13/h1-6,17H,7-8,16H2. The molecule has 0 aromatic heterocycles. The van der Waals surface area contributed by atoms with Crippen molar-refractivity contribution in [2.24, 2.45) is 0 Å². The summed E-state index contributed by atoms with van der Waals surface area (Å²) >= 11 is 3.48. The molecule has 3 N–H and O–H groups in total. The van der Waals surface area contributed by atoms with Crippen LogP contribution in [-0.2, 0) is 6.54 Å². The first-order chi connectivity index (χ1) is 9.22. The van der Waals surface area contributed by atoms with E-state index in [0.717, 1.165) is 32.9 Å². The van der Waals surface area contributed by atoms with Gasteiger partial charge in [-0.1, -0.05) is 6.07 Å². The summed E-state index contributed by atoms with van der Waals surface area (Å²) in [6, 6.07) is 11.6. The van der Waals surface area contributed by atoms with Gasteiger partial charge < -0.3 is 20.5 Å². The van der Waals surface area contributed by atoms with Gasteiger partial charge in [0, 0.05) is 22.4 Å². The van der Waals surface area contributed by atoms with E-state index < -0.39 is 0 Å². The van der Waals surface area contributed by atoms with Gasteiger partial charge in [-0.2, -0.15) is 0 Å². The van der Waals surface area contributed by atoms with Crippen LogP contribution in [0.4, 0.5) is 11.4 Å². The molecule has 0 amide bonds. The van der Waals surface area contributed by atoms with Crippen molar-refractivity contribution in [2.45, 2.75) is 6.54 Å². The monoisotopic (exact) mass is 320 g/mol. The van der Waals surface area contributed by atoms with Crippen LogP contribution in [0.5, 0.6) is 11.5 Å². The van der Waals surface area contributed by atoms with Crippen molar-refractivity contribution in [1.29, 1.82) is 0 Å². The normalized spacial score (nSPS) is 12.5. The molecule has 98 valence electrons. The molecule has 5 heteroatoms. The zero-order valence-corrected chi connectivity index (χ0v) is 11.7. The van der Waals surface area contributed by atoms with Gasteiger partial charge in [-0.25, -0.2) is 0 Å². The first-order valence-electron chi connectivity index (χ1n) is 5.90. The van der Waals surface area contributed by atoms with Gasteiger partial charge in [0.25, 0.3) is 0 Å². The molecule has 0 radical (unpaired) electrons. The number of hydrogen-bond donors (Lipinski definition) is 2. The second-order valence-electron chi connectivity index (χ2n) is 4.28. The Morgan fingerprint density at radius 1 is 1.11 bits per heavy atom. The second kappa shape index (κ2) is 5.01. The van der Waals surface area contributed by atoms with Gasteiger partial charge in [0.05, 0.1) is 0 Å². The molecule has 0 spiro atoms. The molecule has 1 aliphatic heterocycles. The molecule has 1 aliphatic rings. The van der Waals surface area contributed by atoms with Crippen LogP contribution in [0.25, 0.3) is 0 Å². The van der Waals surface area contributed by atoms with Crippen molar-refractivity contribution in [3.8, 4) is 11.5 Å². The Morgan fingerprint density at radius 2 is 1.95 bits per heavy atom. The maximum atomic E-state index is 5.71. The highest BCUT2D eigenvalue weighted by Gasteiger charge is 2.13. The lowest BCUT2D eigenvalue weighted by Crippen LogP contribution is -2.00. The van der Waals surface area contributed by atoms with Crippen molar-refractivity contribution in [2.75, 3.05) is 17.8 Å². The van der Waals surface area contributed by atoms with Crippen LogP contribution >= 0.6 is 15.9 Å². The molecular weight excluding hydrogens is 308 g/mol. The van der Waals surface area contributed by atoms with Gasteiger partial charge in [0.15, 0.2) is 11.5 Å². The Hall–Kier alpha value is -1.88. The number of nitrogens with one attached hydrogen (secondary N) is 1. The topological polar surface area (TPSA) is 56.5 Å². The minimum Gasteiger partial charge on any atom is -0.454 e. The fourth-order valence-electron chi connectivity index (χ4n) is 1.92. The van der Waals surface area contributed by atoms with Crippen LogP contribution < -0.4 is 20.5 Å². The Kier molecular flexibility index (Phi) is 3.21. The molecule has 3 rings (SSSR count). The summed E-state index contributed by atoms with van der Waals surface area (Å²) in [5, 5.41) is 3.35. The lowest BCUT2D eigenvalue weighted by Gasteiger charge is -2.09. The molecule has 0 fully saturated rings. The molecule has 0 saturated heterocycles. The molecule has 2 aromatic carbocycles. The van der Waals surface area contributed by atoms with E-state index in [1.807, 2.05) is 36.4 Å². The molecule has 1 heterocycles. The Bertz CT molecular complexity index is 616. The van der Waals surface area contributed by atoms with Crippen molar-refractivity contribution in [3.63, 3.8) is 0 Å². The van der Waals surface area contributed by atoms with E-state index in [0.29, 0.717) is 13.3 Å². The SMILES string of the molecule is Nc1ccc(NCc2ccc3c(c2)OCO3)c(Br)c1. The average Bonchev–Trinajstić information content (AvgIpc) is 2.85. The van der Waals surface area contributed by atoms with Crippen LogP contribution in [-0.4, -0.2) is 6.79 Å². The predicted octanol–water partition coefficient (Wildman–Crippen LogP) is 3.37. The maximum absolute atomic E-state index is 5.71. The van der Waals surface area contributed by atoms with Gasteiger partial charge in [-0.15, -0.1) is 0 Å². The predicted molar refractivity (Wildman–Crippen MR) is 78.4 cm³/mol. The number of anilines is 2. The fourth-order valence-corrected chi connectivity index (χ4v) is 2.46. The third-order valence-electron chi connectivity index (χ3n) is 2.91. The van der Waals surface area contributed by atoms with Gasteiger partial charge in [0.1, 0.15) is 0 Å². The quantitative estimate of drug-likeness (QED) is 0.851. The Labute approximate surface area is 119 Å². The largest absolute Gasteiger partial charge is 0.454 e. The first-order valence-corrected chi connectivity index (χ1v) is 6.69. The van der Waals surface area contributed by atoms with Crippen molar-refractivity contribution < 1.29 is 9.47 Å². The highest BCUT2D eigenvalue weighted by Crippen LogP contribution is 2.33. The number of ether oxygens (including phenoxy) is 2. The first kappa shape index (κ1) is 12.2. The summed E-state index contributed by atoms with van der Waals surface area (Å²) in [7, 11) is 0. The van der Waals surface area contributed by atoms with E-state index >= 15 is 0 Å². The van der Waals surface area contributed by atoms with Crippen LogP contribution in [0.2, 0.25) is 0 Å². The summed E-state index contributed by atoms with van der Waals surface area (Å²) in [4.78, 5) is 0. The summed E-state index contributed by atoms with van der Waals surface area (Å²) in [6.45, 7) is 1.01.